The standard InChI is InChI=1S/C20H18N4O5/c1-27-19(25)11-23(13-21)15-3-7-17(8-4-15)29-18-9-5-16(6-10-18)24(14-22)12-20(26)28-2/h3-10H,11-12H2,1-2H3. The molecule has 2 aromatic carbocycles. The predicted molar refractivity (Wildman–Crippen MR) is 103 cm³/mol. The second-order valence-electron chi connectivity index (χ2n) is 5.61. The van der Waals surface area contributed by atoms with Gasteiger partial charge < -0.3 is 14.2 Å². The van der Waals surface area contributed by atoms with Crippen LogP contribution < -0.4 is 14.5 Å². The summed E-state index contributed by atoms with van der Waals surface area (Å²) in [5.41, 5.74) is 1.04. The molecular weight excluding hydrogens is 376 g/mol. The van der Waals surface area contributed by atoms with E-state index in [4.69, 9.17) is 4.74 Å². The molecule has 148 valence electrons. The van der Waals surface area contributed by atoms with E-state index in [0.717, 1.165) is 0 Å². The van der Waals surface area contributed by atoms with Crippen molar-refractivity contribution in [2.24, 2.45) is 0 Å². The molecule has 29 heavy (non-hydrogen) atoms. The Morgan fingerprint density at radius 2 is 1.10 bits per heavy atom. The molecule has 0 atom stereocenters. The van der Waals surface area contributed by atoms with E-state index in [9.17, 15) is 20.1 Å². The molecule has 0 bridgehead atoms. The number of esters is 2. The summed E-state index contributed by atoms with van der Waals surface area (Å²) in [6.45, 7) is -0.370. The highest BCUT2D eigenvalue weighted by molar-refractivity contribution is 5.77. The summed E-state index contributed by atoms with van der Waals surface area (Å²) >= 11 is 0. The Morgan fingerprint density at radius 1 is 0.759 bits per heavy atom. The third kappa shape index (κ3) is 5.88. The SMILES string of the molecule is COC(=O)CN(C#N)c1ccc(Oc2ccc(N(C#N)CC(=O)OC)cc2)cc1. The van der Waals surface area contributed by atoms with Gasteiger partial charge in [0.15, 0.2) is 12.4 Å². The molecule has 0 spiro atoms. The zero-order valence-electron chi connectivity index (χ0n) is 15.9. The van der Waals surface area contributed by atoms with Crippen molar-refractivity contribution in [3.8, 4) is 23.9 Å². The Morgan fingerprint density at radius 3 is 1.38 bits per heavy atom. The number of methoxy groups -OCH3 is 2. The van der Waals surface area contributed by atoms with Crippen molar-refractivity contribution in [1.82, 2.24) is 0 Å². The van der Waals surface area contributed by atoms with Crippen LogP contribution in [0.25, 0.3) is 0 Å². The Hall–Kier alpha value is -4.24. The average Bonchev–Trinajstić information content (AvgIpc) is 2.76. The van der Waals surface area contributed by atoms with Crippen LogP contribution in [0, 0.1) is 22.9 Å². The van der Waals surface area contributed by atoms with Gasteiger partial charge in [-0.25, -0.2) is 0 Å². The zero-order valence-corrected chi connectivity index (χ0v) is 15.9. The first-order chi connectivity index (χ1) is 14.0. The van der Waals surface area contributed by atoms with Gasteiger partial charge in [0.1, 0.15) is 24.6 Å². The van der Waals surface area contributed by atoms with Crippen molar-refractivity contribution in [3.05, 3.63) is 48.5 Å². The molecule has 0 aliphatic carbocycles. The third-order valence-electron chi connectivity index (χ3n) is 3.80. The number of ether oxygens (including phenoxy) is 3. The van der Waals surface area contributed by atoms with E-state index < -0.39 is 11.9 Å². The van der Waals surface area contributed by atoms with Crippen LogP contribution in [0.5, 0.6) is 11.5 Å². The summed E-state index contributed by atoms with van der Waals surface area (Å²) in [6.07, 6.45) is 3.84. The quantitative estimate of drug-likeness (QED) is 0.378. The fraction of sp³-hybridized carbons (Fsp3) is 0.200. The number of nitrogens with zero attached hydrogens (tertiary/aromatic N) is 4. The van der Waals surface area contributed by atoms with Crippen LogP contribution in [-0.4, -0.2) is 39.2 Å². The molecular formula is C20H18N4O5. The van der Waals surface area contributed by atoms with Crippen molar-refractivity contribution < 1.29 is 23.8 Å². The summed E-state index contributed by atoms with van der Waals surface area (Å²) in [7, 11) is 2.51. The smallest absolute Gasteiger partial charge is 0.326 e. The lowest BCUT2D eigenvalue weighted by atomic mass is 10.2. The maximum Gasteiger partial charge on any atom is 0.326 e. The van der Waals surface area contributed by atoms with Crippen LogP contribution in [0.1, 0.15) is 0 Å². The topological polar surface area (TPSA) is 116 Å². The summed E-state index contributed by atoms with van der Waals surface area (Å²) in [5, 5.41) is 18.3. The van der Waals surface area contributed by atoms with Crippen molar-refractivity contribution in [2.45, 2.75) is 0 Å². The summed E-state index contributed by atoms with van der Waals surface area (Å²) in [6, 6.07) is 13.2. The van der Waals surface area contributed by atoms with Gasteiger partial charge in [-0.05, 0) is 48.5 Å². The van der Waals surface area contributed by atoms with Crippen molar-refractivity contribution in [2.75, 3.05) is 37.1 Å². The van der Waals surface area contributed by atoms with Crippen molar-refractivity contribution in [1.29, 1.82) is 10.5 Å². The molecule has 0 saturated carbocycles. The second-order valence-corrected chi connectivity index (χ2v) is 5.61. The number of nitriles is 2. The van der Waals surface area contributed by atoms with Gasteiger partial charge in [-0.3, -0.25) is 19.4 Å². The zero-order chi connectivity index (χ0) is 21.2. The molecule has 0 fully saturated rings. The Kier molecular flexibility index (Phi) is 7.40. The van der Waals surface area contributed by atoms with E-state index in [1.165, 1.54) is 24.0 Å². The average molecular weight is 394 g/mol. The van der Waals surface area contributed by atoms with Gasteiger partial charge in [-0.1, -0.05) is 0 Å². The van der Waals surface area contributed by atoms with E-state index in [-0.39, 0.29) is 13.1 Å². The van der Waals surface area contributed by atoms with Gasteiger partial charge in [-0.15, -0.1) is 0 Å². The van der Waals surface area contributed by atoms with E-state index in [1.807, 2.05) is 12.4 Å². The van der Waals surface area contributed by atoms with Crippen LogP contribution in [-0.2, 0) is 19.1 Å². The molecule has 2 aromatic rings. The largest absolute Gasteiger partial charge is 0.468 e. The number of carbonyl (C=O) groups is 2. The van der Waals surface area contributed by atoms with Crippen LogP contribution in [0.2, 0.25) is 0 Å². The highest BCUT2D eigenvalue weighted by Gasteiger charge is 2.13. The molecule has 0 amide bonds. The van der Waals surface area contributed by atoms with E-state index in [1.54, 1.807) is 48.5 Å². The summed E-state index contributed by atoms with van der Waals surface area (Å²) in [5.74, 6) is -0.00975. The Labute approximate surface area is 167 Å². The van der Waals surface area contributed by atoms with Gasteiger partial charge >= 0.3 is 11.9 Å². The molecule has 2 rings (SSSR count). The minimum atomic E-state index is -0.523. The van der Waals surface area contributed by atoms with Gasteiger partial charge in [0.25, 0.3) is 0 Å². The fourth-order valence-corrected chi connectivity index (χ4v) is 2.28. The number of carbonyl (C=O) groups excluding carboxylic acids is 2. The molecule has 0 radical (unpaired) electrons. The van der Waals surface area contributed by atoms with Crippen molar-refractivity contribution >= 4 is 23.3 Å². The minimum Gasteiger partial charge on any atom is -0.468 e. The highest BCUT2D eigenvalue weighted by atomic mass is 16.5. The Bertz CT molecular complexity index is 852. The normalized spacial score (nSPS) is 9.52. The first-order valence-electron chi connectivity index (χ1n) is 8.37. The summed E-state index contributed by atoms with van der Waals surface area (Å²) < 4.78 is 14.9. The first kappa shape index (κ1) is 21.1. The molecule has 9 heteroatoms. The molecule has 0 heterocycles. The number of anilines is 2. The van der Waals surface area contributed by atoms with Gasteiger partial charge in [0, 0.05) is 0 Å². The highest BCUT2D eigenvalue weighted by Crippen LogP contribution is 2.26. The molecule has 0 aliphatic rings. The number of hydrogen-bond acceptors (Lipinski definition) is 9. The monoisotopic (exact) mass is 394 g/mol. The molecule has 0 saturated heterocycles. The molecule has 0 N–H and O–H groups in total. The third-order valence-corrected chi connectivity index (χ3v) is 3.80. The van der Waals surface area contributed by atoms with Crippen LogP contribution in [0.15, 0.2) is 48.5 Å². The maximum atomic E-state index is 11.3. The number of hydrogen-bond donors (Lipinski definition) is 0. The number of rotatable bonds is 8. The van der Waals surface area contributed by atoms with Crippen LogP contribution in [0.3, 0.4) is 0 Å². The lowest BCUT2D eigenvalue weighted by molar-refractivity contribution is -0.139. The van der Waals surface area contributed by atoms with E-state index >= 15 is 0 Å². The van der Waals surface area contributed by atoms with E-state index in [0.29, 0.717) is 22.9 Å². The van der Waals surface area contributed by atoms with Crippen LogP contribution >= 0.6 is 0 Å². The van der Waals surface area contributed by atoms with Crippen molar-refractivity contribution in [3.63, 3.8) is 0 Å². The Balaban J connectivity index is 2.05. The first-order valence-corrected chi connectivity index (χ1v) is 8.37. The second kappa shape index (κ2) is 10.2. The molecule has 9 nitrogen and oxygen atoms in total. The van der Waals surface area contributed by atoms with E-state index in [2.05, 4.69) is 9.47 Å². The maximum absolute atomic E-state index is 11.3. The fourth-order valence-electron chi connectivity index (χ4n) is 2.28. The van der Waals surface area contributed by atoms with Gasteiger partial charge in [-0.2, -0.15) is 10.5 Å². The van der Waals surface area contributed by atoms with Gasteiger partial charge in [0.2, 0.25) is 0 Å². The minimum absolute atomic E-state index is 0.185. The number of benzene rings is 2. The summed E-state index contributed by atoms with van der Waals surface area (Å²) in [4.78, 5) is 25.1. The lowest BCUT2D eigenvalue weighted by Gasteiger charge is -2.15. The molecule has 0 aromatic heterocycles. The predicted octanol–water partition coefficient (Wildman–Crippen LogP) is 2.40. The molecule has 0 aliphatic heterocycles. The van der Waals surface area contributed by atoms with Crippen LogP contribution in [0.4, 0.5) is 11.4 Å². The lowest BCUT2D eigenvalue weighted by Crippen LogP contribution is -2.25. The van der Waals surface area contributed by atoms with Gasteiger partial charge in [0.05, 0.1) is 25.6 Å². The molecule has 0 unspecified atom stereocenters.